The Bertz CT molecular complexity index is 197. The first kappa shape index (κ1) is 14.5. The molecule has 0 aliphatic carbocycles. The first-order valence-corrected chi connectivity index (χ1v) is 7.62. The molecule has 100 valence electrons. The lowest BCUT2D eigenvalue weighted by molar-refractivity contribution is -0.130. The molecule has 1 rings (SSSR count). The van der Waals surface area contributed by atoms with Crippen molar-refractivity contribution in [3.63, 3.8) is 0 Å². The molecule has 1 heterocycles. The predicted molar refractivity (Wildman–Crippen MR) is 73.0 cm³/mol. The van der Waals surface area contributed by atoms with Gasteiger partial charge >= 0.3 is 0 Å². The average Bonchev–Trinajstić information content (AvgIpc) is 2.86. The Kier molecular flexibility index (Phi) is 8.12. The van der Waals surface area contributed by atoms with Crippen LogP contribution in [0.25, 0.3) is 0 Å². The molecule has 0 aromatic carbocycles. The molecule has 0 radical (unpaired) electrons. The lowest BCUT2D eigenvalue weighted by atomic mass is 10.1. The van der Waals surface area contributed by atoms with Gasteiger partial charge in [-0.25, -0.2) is 0 Å². The summed E-state index contributed by atoms with van der Waals surface area (Å²) in [6.45, 7) is 4.27. The number of amides is 1. The van der Waals surface area contributed by atoms with Crippen LogP contribution in [0.2, 0.25) is 0 Å². The van der Waals surface area contributed by atoms with Crippen molar-refractivity contribution in [3.8, 4) is 0 Å². The van der Waals surface area contributed by atoms with Gasteiger partial charge in [0.25, 0.3) is 0 Å². The van der Waals surface area contributed by atoms with E-state index in [1.165, 1.54) is 57.8 Å². The molecule has 0 aromatic rings. The highest BCUT2D eigenvalue weighted by molar-refractivity contribution is 5.76. The zero-order chi connectivity index (χ0) is 12.3. The van der Waals surface area contributed by atoms with Crippen LogP contribution in [0.15, 0.2) is 0 Å². The summed E-state index contributed by atoms with van der Waals surface area (Å²) in [6, 6.07) is 0. The summed E-state index contributed by atoms with van der Waals surface area (Å²) in [5.41, 5.74) is 0. The van der Waals surface area contributed by atoms with Crippen molar-refractivity contribution in [1.29, 1.82) is 0 Å². The van der Waals surface area contributed by atoms with E-state index in [-0.39, 0.29) is 0 Å². The van der Waals surface area contributed by atoms with E-state index in [0.717, 1.165) is 25.9 Å². The minimum Gasteiger partial charge on any atom is -0.343 e. The predicted octanol–water partition coefficient (Wildman–Crippen LogP) is 4.14. The minimum atomic E-state index is 0.397. The summed E-state index contributed by atoms with van der Waals surface area (Å²) in [4.78, 5) is 13.8. The zero-order valence-corrected chi connectivity index (χ0v) is 11.5. The van der Waals surface area contributed by atoms with E-state index < -0.39 is 0 Å². The van der Waals surface area contributed by atoms with E-state index in [1.54, 1.807) is 0 Å². The Morgan fingerprint density at radius 1 is 0.882 bits per heavy atom. The smallest absolute Gasteiger partial charge is 0.222 e. The molecule has 2 heteroatoms. The normalized spacial score (nSPS) is 15.5. The molecule has 0 aromatic heterocycles. The van der Waals surface area contributed by atoms with Crippen molar-refractivity contribution in [2.45, 2.75) is 77.6 Å². The first-order valence-electron chi connectivity index (χ1n) is 7.62. The lowest BCUT2D eigenvalue weighted by Crippen LogP contribution is -2.27. The number of nitrogens with zero attached hydrogens (tertiary/aromatic N) is 1. The largest absolute Gasteiger partial charge is 0.343 e. The van der Waals surface area contributed by atoms with E-state index in [0.29, 0.717) is 5.91 Å². The van der Waals surface area contributed by atoms with Gasteiger partial charge in [-0.2, -0.15) is 0 Å². The third kappa shape index (κ3) is 6.70. The van der Waals surface area contributed by atoms with Gasteiger partial charge in [0, 0.05) is 19.5 Å². The van der Waals surface area contributed by atoms with Crippen LogP contribution < -0.4 is 0 Å². The highest BCUT2D eigenvalue weighted by atomic mass is 16.2. The van der Waals surface area contributed by atoms with Crippen molar-refractivity contribution >= 4 is 5.91 Å². The maximum atomic E-state index is 11.7. The number of carbonyl (C=O) groups excluding carboxylic acids is 1. The fourth-order valence-electron chi connectivity index (χ4n) is 2.53. The lowest BCUT2D eigenvalue weighted by Gasteiger charge is -2.14. The molecular formula is C15H29NO. The van der Waals surface area contributed by atoms with Gasteiger partial charge in [-0.15, -0.1) is 0 Å². The van der Waals surface area contributed by atoms with Crippen molar-refractivity contribution < 1.29 is 4.79 Å². The Hall–Kier alpha value is -0.530. The number of rotatable bonds is 9. The van der Waals surface area contributed by atoms with Crippen LogP contribution in [-0.2, 0) is 4.79 Å². The standard InChI is InChI=1S/C15H29NO/c1-2-3-4-5-6-7-8-9-12-15(17)16-13-10-11-14-16/h2-14H2,1H3. The highest BCUT2D eigenvalue weighted by Crippen LogP contribution is 2.13. The Balaban J connectivity index is 1.85. The molecule has 0 spiro atoms. The maximum absolute atomic E-state index is 11.7. The second-order valence-corrected chi connectivity index (χ2v) is 5.31. The molecule has 1 amide bonds. The Labute approximate surface area is 107 Å². The number of likely N-dealkylation sites (tertiary alicyclic amines) is 1. The first-order chi connectivity index (χ1) is 8.34. The van der Waals surface area contributed by atoms with Crippen molar-refractivity contribution in [3.05, 3.63) is 0 Å². The van der Waals surface area contributed by atoms with E-state index in [9.17, 15) is 4.79 Å². The second-order valence-electron chi connectivity index (χ2n) is 5.31. The molecule has 1 saturated heterocycles. The molecule has 0 bridgehead atoms. The van der Waals surface area contributed by atoms with Crippen LogP contribution in [0.5, 0.6) is 0 Å². The molecule has 1 aliphatic heterocycles. The van der Waals surface area contributed by atoms with Crippen LogP contribution in [0, 0.1) is 0 Å². The van der Waals surface area contributed by atoms with Gasteiger partial charge in [0.2, 0.25) is 5.91 Å². The van der Waals surface area contributed by atoms with Crippen molar-refractivity contribution in [1.82, 2.24) is 4.90 Å². The van der Waals surface area contributed by atoms with Gasteiger partial charge in [-0.3, -0.25) is 4.79 Å². The van der Waals surface area contributed by atoms with Crippen LogP contribution >= 0.6 is 0 Å². The van der Waals surface area contributed by atoms with Gasteiger partial charge in [0.05, 0.1) is 0 Å². The Morgan fingerprint density at radius 3 is 2.00 bits per heavy atom. The molecule has 0 N–H and O–H groups in total. The molecule has 0 atom stereocenters. The third-order valence-electron chi connectivity index (χ3n) is 3.70. The number of hydrogen-bond acceptors (Lipinski definition) is 1. The number of unbranched alkanes of at least 4 members (excludes halogenated alkanes) is 7. The summed E-state index contributed by atoms with van der Waals surface area (Å²) in [6.07, 6.45) is 13.7. The van der Waals surface area contributed by atoms with Gasteiger partial charge in [-0.1, -0.05) is 51.9 Å². The van der Waals surface area contributed by atoms with Gasteiger partial charge in [0.1, 0.15) is 0 Å². The molecule has 2 nitrogen and oxygen atoms in total. The number of hydrogen-bond donors (Lipinski definition) is 0. The molecular weight excluding hydrogens is 210 g/mol. The summed E-state index contributed by atoms with van der Waals surface area (Å²) in [7, 11) is 0. The van der Waals surface area contributed by atoms with Gasteiger partial charge in [0.15, 0.2) is 0 Å². The SMILES string of the molecule is CCCCCCCCCCC(=O)N1CCCC1. The minimum absolute atomic E-state index is 0.397. The monoisotopic (exact) mass is 239 g/mol. The summed E-state index contributed by atoms with van der Waals surface area (Å²) in [5, 5.41) is 0. The van der Waals surface area contributed by atoms with E-state index in [1.807, 2.05) is 4.90 Å². The topological polar surface area (TPSA) is 20.3 Å². The summed E-state index contributed by atoms with van der Waals surface area (Å²) < 4.78 is 0. The van der Waals surface area contributed by atoms with E-state index >= 15 is 0 Å². The fraction of sp³-hybridized carbons (Fsp3) is 0.933. The van der Waals surface area contributed by atoms with Crippen LogP contribution in [-0.4, -0.2) is 23.9 Å². The van der Waals surface area contributed by atoms with Crippen molar-refractivity contribution in [2.75, 3.05) is 13.1 Å². The summed E-state index contributed by atoms with van der Waals surface area (Å²) in [5.74, 6) is 0.397. The summed E-state index contributed by atoms with van der Waals surface area (Å²) >= 11 is 0. The second kappa shape index (κ2) is 9.49. The molecule has 0 unspecified atom stereocenters. The van der Waals surface area contributed by atoms with Crippen LogP contribution in [0.1, 0.15) is 77.6 Å². The highest BCUT2D eigenvalue weighted by Gasteiger charge is 2.16. The molecule has 1 fully saturated rings. The molecule has 1 aliphatic rings. The Morgan fingerprint density at radius 2 is 1.41 bits per heavy atom. The van der Waals surface area contributed by atoms with E-state index in [4.69, 9.17) is 0 Å². The van der Waals surface area contributed by atoms with Gasteiger partial charge < -0.3 is 4.90 Å². The van der Waals surface area contributed by atoms with Crippen LogP contribution in [0.4, 0.5) is 0 Å². The third-order valence-corrected chi connectivity index (χ3v) is 3.70. The fourth-order valence-corrected chi connectivity index (χ4v) is 2.53. The van der Waals surface area contributed by atoms with Gasteiger partial charge in [-0.05, 0) is 19.3 Å². The maximum Gasteiger partial charge on any atom is 0.222 e. The van der Waals surface area contributed by atoms with Crippen LogP contribution in [0.3, 0.4) is 0 Å². The van der Waals surface area contributed by atoms with Crippen molar-refractivity contribution in [2.24, 2.45) is 0 Å². The zero-order valence-electron chi connectivity index (χ0n) is 11.5. The number of carbonyl (C=O) groups is 1. The van der Waals surface area contributed by atoms with E-state index in [2.05, 4.69) is 6.92 Å². The molecule has 0 saturated carbocycles. The average molecular weight is 239 g/mol. The molecule has 17 heavy (non-hydrogen) atoms. The quantitative estimate of drug-likeness (QED) is 0.554.